The van der Waals surface area contributed by atoms with Crippen LogP contribution in [0.25, 0.3) is 11.0 Å². The molecule has 0 aliphatic rings. The lowest BCUT2D eigenvalue weighted by Crippen LogP contribution is -2.01. The first-order valence-corrected chi connectivity index (χ1v) is 6.85. The number of rotatable bonds is 3. The molecule has 0 radical (unpaired) electrons. The van der Waals surface area contributed by atoms with Crippen LogP contribution in [0.2, 0.25) is 5.02 Å². The van der Waals surface area contributed by atoms with E-state index in [4.69, 9.17) is 16.7 Å². The van der Waals surface area contributed by atoms with E-state index in [1.54, 1.807) is 6.07 Å². The van der Waals surface area contributed by atoms with Gasteiger partial charge in [-0.15, -0.1) is 0 Å². The van der Waals surface area contributed by atoms with Crippen molar-refractivity contribution >= 4 is 40.4 Å². The van der Waals surface area contributed by atoms with Gasteiger partial charge in [-0.05, 0) is 36.0 Å². The van der Waals surface area contributed by atoms with Crippen LogP contribution in [0.1, 0.15) is 10.5 Å². The zero-order valence-corrected chi connectivity index (χ0v) is 11.6. The van der Waals surface area contributed by atoms with Crippen LogP contribution in [0.15, 0.2) is 46.6 Å². The molecule has 3 rings (SSSR count). The van der Waals surface area contributed by atoms with Crippen LogP contribution in [0, 0.1) is 0 Å². The Balaban J connectivity index is 1.94. The van der Waals surface area contributed by atoms with Crippen molar-refractivity contribution in [1.82, 2.24) is 15.0 Å². The number of para-hydroxylation sites is 2. The Morgan fingerprint density at radius 3 is 2.75 bits per heavy atom. The number of H-pyrrole nitrogens is 1. The van der Waals surface area contributed by atoms with E-state index in [0.717, 1.165) is 11.0 Å². The summed E-state index contributed by atoms with van der Waals surface area (Å²) in [5.74, 6) is -1.15. The zero-order chi connectivity index (χ0) is 14.1. The summed E-state index contributed by atoms with van der Waals surface area (Å²) in [6.07, 6.45) is 0. The molecular formula is C13H8ClN3O2S. The summed E-state index contributed by atoms with van der Waals surface area (Å²) in [4.78, 5) is 22.5. The van der Waals surface area contributed by atoms with E-state index in [0.29, 0.717) is 10.2 Å². The molecule has 0 bridgehead atoms. The highest BCUT2D eigenvalue weighted by Gasteiger charge is 2.13. The minimum Gasteiger partial charge on any atom is -0.476 e. The van der Waals surface area contributed by atoms with E-state index >= 15 is 0 Å². The number of benzene rings is 1. The molecule has 100 valence electrons. The molecule has 0 aliphatic carbocycles. The monoisotopic (exact) mass is 305 g/mol. The lowest BCUT2D eigenvalue weighted by molar-refractivity contribution is 0.0690. The number of fused-ring (bicyclic) bond motifs is 1. The van der Waals surface area contributed by atoms with E-state index in [9.17, 15) is 4.79 Å². The molecule has 2 N–H and O–H groups in total. The summed E-state index contributed by atoms with van der Waals surface area (Å²) < 4.78 is 0. The average Bonchev–Trinajstić information content (AvgIpc) is 2.82. The molecule has 3 aromatic rings. The fourth-order valence-corrected chi connectivity index (χ4v) is 2.67. The average molecular weight is 306 g/mol. The van der Waals surface area contributed by atoms with Gasteiger partial charge in [0.1, 0.15) is 5.03 Å². The number of imidazole rings is 1. The standard InChI is InChI=1S/C13H8ClN3O2S/c14-7-5-6-10(17-11(7)12(18)19)20-13-15-8-3-1-2-4-9(8)16-13/h1-6H,(H,15,16)(H,18,19). The van der Waals surface area contributed by atoms with Gasteiger partial charge in [0.05, 0.1) is 16.1 Å². The molecule has 1 aromatic carbocycles. The van der Waals surface area contributed by atoms with Crippen LogP contribution in [-0.2, 0) is 0 Å². The molecule has 0 unspecified atom stereocenters. The van der Waals surface area contributed by atoms with Gasteiger partial charge in [0, 0.05) is 0 Å². The highest BCUT2D eigenvalue weighted by atomic mass is 35.5. The van der Waals surface area contributed by atoms with Crippen LogP contribution >= 0.6 is 23.4 Å². The Bertz CT molecular complexity index is 770. The molecule has 5 nitrogen and oxygen atoms in total. The normalized spacial score (nSPS) is 10.8. The topological polar surface area (TPSA) is 78.9 Å². The molecule has 0 saturated heterocycles. The number of halogens is 1. The molecule has 0 saturated carbocycles. The Hall–Kier alpha value is -2.05. The summed E-state index contributed by atoms with van der Waals surface area (Å²) >= 11 is 7.04. The van der Waals surface area contributed by atoms with Gasteiger partial charge in [-0.25, -0.2) is 14.8 Å². The fraction of sp³-hybridized carbons (Fsp3) is 0. The van der Waals surface area contributed by atoms with Crippen molar-refractivity contribution in [3.63, 3.8) is 0 Å². The van der Waals surface area contributed by atoms with Crippen molar-refractivity contribution in [1.29, 1.82) is 0 Å². The highest BCUT2D eigenvalue weighted by molar-refractivity contribution is 7.99. The minimum atomic E-state index is -1.15. The first-order chi connectivity index (χ1) is 9.63. The molecular weight excluding hydrogens is 298 g/mol. The second-order valence-corrected chi connectivity index (χ2v) is 5.36. The molecule has 2 heterocycles. The number of nitrogens with zero attached hydrogens (tertiary/aromatic N) is 2. The Labute approximate surface area is 123 Å². The third-order valence-corrected chi connectivity index (χ3v) is 3.72. The zero-order valence-electron chi connectivity index (χ0n) is 10.0. The predicted octanol–water partition coefficient (Wildman–Crippen LogP) is 3.46. The minimum absolute atomic E-state index is 0.117. The number of aromatic amines is 1. The SMILES string of the molecule is O=C(O)c1nc(Sc2nc3ccccc3[nH]2)ccc1Cl. The third-order valence-electron chi connectivity index (χ3n) is 2.59. The largest absolute Gasteiger partial charge is 0.476 e. The van der Waals surface area contributed by atoms with Crippen LogP contribution in [-0.4, -0.2) is 26.0 Å². The van der Waals surface area contributed by atoms with Gasteiger partial charge in [-0.1, -0.05) is 23.7 Å². The summed E-state index contributed by atoms with van der Waals surface area (Å²) in [5, 5.41) is 10.3. The number of carbonyl (C=O) groups is 1. The highest BCUT2D eigenvalue weighted by Crippen LogP contribution is 2.27. The first kappa shape index (κ1) is 13.0. The van der Waals surface area contributed by atoms with Gasteiger partial charge >= 0.3 is 5.97 Å². The lowest BCUT2D eigenvalue weighted by atomic mass is 10.3. The van der Waals surface area contributed by atoms with Crippen molar-refractivity contribution in [3.8, 4) is 0 Å². The quantitative estimate of drug-likeness (QED) is 0.774. The molecule has 0 amide bonds. The van der Waals surface area contributed by atoms with Gasteiger partial charge in [0.15, 0.2) is 10.9 Å². The summed E-state index contributed by atoms with van der Waals surface area (Å²) in [7, 11) is 0. The molecule has 7 heteroatoms. The summed E-state index contributed by atoms with van der Waals surface area (Å²) in [5.41, 5.74) is 1.61. The maximum Gasteiger partial charge on any atom is 0.356 e. The number of aromatic nitrogens is 3. The number of carboxylic acids is 1. The molecule has 0 fully saturated rings. The number of hydrogen-bond acceptors (Lipinski definition) is 4. The third kappa shape index (κ3) is 2.48. The number of pyridine rings is 1. The Morgan fingerprint density at radius 1 is 1.20 bits per heavy atom. The second-order valence-electron chi connectivity index (χ2n) is 3.95. The predicted molar refractivity (Wildman–Crippen MR) is 76.4 cm³/mol. The number of hydrogen-bond donors (Lipinski definition) is 2. The molecule has 0 spiro atoms. The lowest BCUT2D eigenvalue weighted by Gasteiger charge is -2.01. The van der Waals surface area contributed by atoms with E-state index in [2.05, 4.69) is 15.0 Å². The number of nitrogens with one attached hydrogen (secondary N) is 1. The first-order valence-electron chi connectivity index (χ1n) is 5.66. The van der Waals surface area contributed by atoms with Crippen molar-refractivity contribution in [3.05, 3.63) is 47.1 Å². The van der Waals surface area contributed by atoms with E-state index in [1.165, 1.54) is 17.8 Å². The van der Waals surface area contributed by atoms with Crippen LogP contribution in [0.4, 0.5) is 0 Å². The van der Waals surface area contributed by atoms with Crippen LogP contribution in [0.3, 0.4) is 0 Å². The van der Waals surface area contributed by atoms with Crippen molar-refractivity contribution in [2.45, 2.75) is 10.2 Å². The van der Waals surface area contributed by atoms with Crippen molar-refractivity contribution in [2.75, 3.05) is 0 Å². The maximum atomic E-state index is 11.0. The smallest absolute Gasteiger partial charge is 0.356 e. The number of carboxylic acid groups (broad SMARTS) is 1. The van der Waals surface area contributed by atoms with Crippen LogP contribution in [0.5, 0.6) is 0 Å². The number of aromatic carboxylic acids is 1. The van der Waals surface area contributed by atoms with E-state index in [1.807, 2.05) is 24.3 Å². The Kier molecular flexibility index (Phi) is 3.33. The summed E-state index contributed by atoms with van der Waals surface area (Å²) in [6.45, 7) is 0. The van der Waals surface area contributed by atoms with Crippen molar-refractivity contribution < 1.29 is 9.90 Å². The van der Waals surface area contributed by atoms with E-state index < -0.39 is 5.97 Å². The molecule has 0 aliphatic heterocycles. The van der Waals surface area contributed by atoms with Gasteiger partial charge in [-0.2, -0.15) is 0 Å². The van der Waals surface area contributed by atoms with Gasteiger partial charge in [-0.3, -0.25) is 0 Å². The van der Waals surface area contributed by atoms with Gasteiger partial charge < -0.3 is 10.1 Å². The second kappa shape index (κ2) is 5.15. The van der Waals surface area contributed by atoms with E-state index in [-0.39, 0.29) is 10.7 Å². The van der Waals surface area contributed by atoms with Crippen LogP contribution < -0.4 is 0 Å². The summed E-state index contributed by atoms with van der Waals surface area (Å²) in [6, 6.07) is 10.8. The molecule has 2 aromatic heterocycles. The fourth-order valence-electron chi connectivity index (χ4n) is 1.71. The van der Waals surface area contributed by atoms with Gasteiger partial charge in [0.25, 0.3) is 0 Å². The van der Waals surface area contributed by atoms with Gasteiger partial charge in [0.2, 0.25) is 0 Å². The Morgan fingerprint density at radius 2 is 2.00 bits per heavy atom. The molecule has 0 atom stereocenters. The van der Waals surface area contributed by atoms with Crippen molar-refractivity contribution in [2.24, 2.45) is 0 Å². The maximum absolute atomic E-state index is 11.0. The molecule has 20 heavy (non-hydrogen) atoms.